The molecule has 88 valence electrons. The number of nitrogens with one attached hydrogen (secondary N) is 1. The molecule has 1 amide bonds. The molecule has 1 N–H and O–H groups in total. The summed E-state index contributed by atoms with van der Waals surface area (Å²) in [5.74, 6) is 0.781. The van der Waals surface area contributed by atoms with Crippen molar-refractivity contribution in [3.63, 3.8) is 0 Å². The van der Waals surface area contributed by atoms with Crippen LogP contribution in [0.15, 0.2) is 30.3 Å². The van der Waals surface area contributed by atoms with E-state index in [1.165, 1.54) is 0 Å². The predicted molar refractivity (Wildman–Crippen MR) is 64.2 cm³/mol. The van der Waals surface area contributed by atoms with E-state index in [-0.39, 0.29) is 18.1 Å². The average molecular weight is 221 g/mol. The van der Waals surface area contributed by atoms with Crippen LogP contribution in [0.1, 0.15) is 27.2 Å². The highest BCUT2D eigenvalue weighted by Crippen LogP contribution is 2.19. The number of amides is 1. The summed E-state index contributed by atoms with van der Waals surface area (Å²) < 4.78 is 5.38. The van der Waals surface area contributed by atoms with Gasteiger partial charge in [-0.1, -0.05) is 39.0 Å². The minimum atomic E-state index is -0.333. The van der Waals surface area contributed by atoms with Crippen LogP contribution in [0.5, 0.6) is 5.75 Å². The van der Waals surface area contributed by atoms with Gasteiger partial charge in [0.15, 0.2) is 6.73 Å². The standard InChI is InChI=1S/C13H19NO2/c1-4-13(2,3)12(15)14-10-16-11-8-6-5-7-9-11/h5-9H,4,10H2,1-3H3,(H,14,15). The van der Waals surface area contributed by atoms with Crippen LogP contribution in [0.3, 0.4) is 0 Å². The second kappa shape index (κ2) is 5.54. The molecule has 0 aliphatic carbocycles. The second-order valence-electron chi connectivity index (χ2n) is 4.35. The van der Waals surface area contributed by atoms with Gasteiger partial charge in [-0.15, -0.1) is 0 Å². The molecule has 0 radical (unpaired) electrons. The fourth-order valence-electron chi connectivity index (χ4n) is 1.10. The number of ether oxygens (including phenoxy) is 1. The molecule has 0 unspecified atom stereocenters. The topological polar surface area (TPSA) is 38.3 Å². The molecule has 0 aliphatic rings. The lowest BCUT2D eigenvalue weighted by atomic mass is 9.89. The molecule has 0 bridgehead atoms. The monoisotopic (exact) mass is 221 g/mol. The van der Waals surface area contributed by atoms with Crippen LogP contribution in [0.25, 0.3) is 0 Å². The lowest BCUT2D eigenvalue weighted by Gasteiger charge is -2.21. The van der Waals surface area contributed by atoms with E-state index in [0.29, 0.717) is 0 Å². The Morgan fingerprint density at radius 3 is 2.50 bits per heavy atom. The van der Waals surface area contributed by atoms with E-state index in [0.717, 1.165) is 12.2 Å². The van der Waals surface area contributed by atoms with Crippen molar-refractivity contribution in [2.45, 2.75) is 27.2 Å². The van der Waals surface area contributed by atoms with Crippen LogP contribution in [-0.2, 0) is 4.79 Å². The molecular weight excluding hydrogens is 202 g/mol. The number of benzene rings is 1. The molecule has 0 spiro atoms. The number of rotatable bonds is 5. The van der Waals surface area contributed by atoms with E-state index in [2.05, 4.69) is 5.32 Å². The van der Waals surface area contributed by atoms with Crippen molar-refractivity contribution in [1.82, 2.24) is 5.32 Å². The maximum atomic E-state index is 11.7. The highest BCUT2D eigenvalue weighted by Gasteiger charge is 2.24. The first-order valence-electron chi connectivity index (χ1n) is 5.52. The van der Waals surface area contributed by atoms with Gasteiger partial charge in [-0.25, -0.2) is 0 Å². The molecule has 1 aromatic rings. The van der Waals surface area contributed by atoms with Crippen LogP contribution >= 0.6 is 0 Å². The zero-order valence-electron chi connectivity index (χ0n) is 10.1. The third-order valence-electron chi connectivity index (χ3n) is 2.71. The third kappa shape index (κ3) is 3.57. The lowest BCUT2D eigenvalue weighted by molar-refractivity contribution is -0.130. The van der Waals surface area contributed by atoms with Crippen molar-refractivity contribution < 1.29 is 9.53 Å². The van der Waals surface area contributed by atoms with Gasteiger partial charge in [0.25, 0.3) is 0 Å². The van der Waals surface area contributed by atoms with Crippen molar-refractivity contribution >= 4 is 5.91 Å². The van der Waals surface area contributed by atoms with Gasteiger partial charge in [0.05, 0.1) is 0 Å². The SMILES string of the molecule is CCC(C)(C)C(=O)NCOc1ccccc1. The summed E-state index contributed by atoms with van der Waals surface area (Å²) in [6.07, 6.45) is 0.810. The van der Waals surface area contributed by atoms with E-state index in [9.17, 15) is 4.79 Å². The van der Waals surface area contributed by atoms with Crippen molar-refractivity contribution in [2.24, 2.45) is 5.41 Å². The Kier molecular flexibility index (Phi) is 4.35. The molecule has 0 aromatic heterocycles. The maximum absolute atomic E-state index is 11.7. The zero-order valence-corrected chi connectivity index (χ0v) is 10.1. The van der Waals surface area contributed by atoms with E-state index >= 15 is 0 Å². The van der Waals surface area contributed by atoms with Crippen molar-refractivity contribution in [2.75, 3.05) is 6.73 Å². The maximum Gasteiger partial charge on any atom is 0.228 e. The Hall–Kier alpha value is -1.51. The number of para-hydroxylation sites is 1. The zero-order chi connectivity index (χ0) is 12.0. The molecule has 0 aliphatic heterocycles. The normalized spacial score (nSPS) is 10.9. The van der Waals surface area contributed by atoms with Gasteiger partial charge in [-0.05, 0) is 18.6 Å². The Balaban J connectivity index is 2.34. The second-order valence-corrected chi connectivity index (χ2v) is 4.35. The summed E-state index contributed by atoms with van der Waals surface area (Å²) in [6, 6.07) is 9.43. The highest BCUT2D eigenvalue weighted by atomic mass is 16.5. The van der Waals surface area contributed by atoms with E-state index in [4.69, 9.17) is 4.74 Å². The summed E-state index contributed by atoms with van der Waals surface area (Å²) in [4.78, 5) is 11.7. The molecule has 16 heavy (non-hydrogen) atoms. The molecule has 1 rings (SSSR count). The summed E-state index contributed by atoms with van der Waals surface area (Å²) in [6.45, 7) is 6.06. The van der Waals surface area contributed by atoms with Gasteiger partial charge in [-0.3, -0.25) is 4.79 Å². The van der Waals surface area contributed by atoms with Crippen molar-refractivity contribution in [3.05, 3.63) is 30.3 Å². The van der Waals surface area contributed by atoms with Gasteiger partial charge in [0.1, 0.15) is 5.75 Å². The van der Waals surface area contributed by atoms with Gasteiger partial charge in [0, 0.05) is 5.41 Å². The number of hydrogen-bond acceptors (Lipinski definition) is 2. The van der Waals surface area contributed by atoms with E-state index in [1.807, 2.05) is 51.1 Å². The van der Waals surface area contributed by atoms with E-state index < -0.39 is 0 Å². The first-order valence-corrected chi connectivity index (χ1v) is 5.52. The van der Waals surface area contributed by atoms with Gasteiger partial charge >= 0.3 is 0 Å². The fraction of sp³-hybridized carbons (Fsp3) is 0.462. The lowest BCUT2D eigenvalue weighted by Crippen LogP contribution is -2.38. The molecule has 0 saturated heterocycles. The summed E-state index contributed by atoms with van der Waals surface area (Å²) in [5.41, 5.74) is -0.333. The van der Waals surface area contributed by atoms with Crippen molar-refractivity contribution in [1.29, 1.82) is 0 Å². The molecule has 0 fully saturated rings. The quantitative estimate of drug-likeness (QED) is 0.776. The van der Waals surface area contributed by atoms with Gasteiger partial charge in [-0.2, -0.15) is 0 Å². The smallest absolute Gasteiger partial charge is 0.228 e. The van der Waals surface area contributed by atoms with Gasteiger partial charge < -0.3 is 10.1 Å². The average Bonchev–Trinajstić information content (AvgIpc) is 2.30. The van der Waals surface area contributed by atoms with Crippen LogP contribution in [0.2, 0.25) is 0 Å². The first kappa shape index (κ1) is 12.6. The minimum Gasteiger partial charge on any atom is -0.473 e. The molecule has 0 atom stereocenters. The molecule has 0 saturated carbocycles. The van der Waals surface area contributed by atoms with Gasteiger partial charge in [0.2, 0.25) is 5.91 Å². The Labute approximate surface area is 96.8 Å². The number of carbonyl (C=O) groups excluding carboxylic acids is 1. The molecule has 1 aromatic carbocycles. The largest absolute Gasteiger partial charge is 0.473 e. The summed E-state index contributed by atoms with van der Waals surface area (Å²) in [5, 5.41) is 2.76. The Morgan fingerprint density at radius 1 is 1.31 bits per heavy atom. The molecule has 3 nitrogen and oxygen atoms in total. The van der Waals surface area contributed by atoms with Crippen LogP contribution in [0, 0.1) is 5.41 Å². The van der Waals surface area contributed by atoms with Crippen molar-refractivity contribution in [3.8, 4) is 5.75 Å². The third-order valence-corrected chi connectivity index (χ3v) is 2.71. The molecular formula is C13H19NO2. The van der Waals surface area contributed by atoms with Crippen LogP contribution in [0.4, 0.5) is 0 Å². The van der Waals surface area contributed by atoms with E-state index in [1.54, 1.807) is 0 Å². The van der Waals surface area contributed by atoms with Crippen LogP contribution in [-0.4, -0.2) is 12.6 Å². The Bertz CT molecular complexity index is 333. The molecule has 0 heterocycles. The summed E-state index contributed by atoms with van der Waals surface area (Å²) >= 11 is 0. The Morgan fingerprint density at radius 2 is 1.94 bits per heavy atom. The summed E-state index contributed by atoms with van der Waals surface area (Å²) in [7, 11) is 0. The fourth-order valence-corrected chi connectivity index (χ4v) is 1.10. The predicted octanol–water partition coefficient (Wildman–Crippen LogP) is 2.58. The highest BCUT2D eigenvalue weighted by molar-refractivity contribution is 5.81. The molecule has 3 heteroatoms. The minimum absolute atomic E-state index is 0.0194. The first-order chi connectivity index (χ1) is 7.56. The number of hydrogen-bond donors (Lipinski definition) is 1. The number of carbonyl (C=O) groups is 1. The van der Waals surface area contributed by atoms with Crippen LogP contribution < -0.4 is 10.1 Å².